The van der Waals surface area contributed by atoms with Crippen LogP contribution in [0.1, 0.15) is 25.8 Å². The van der Waals surface area contributed by atoms with Gasteiger partial charge in [-0.2, -0.15) is 5.10 Å². The third-order valence-electron chi connectivity index (χ3n) is 3.80. The van der Waals surface area contributed by atoms with Crippen LogP contribution in [0.25, 0.3) is 5.69 Å². The van der Waals surface area contributed by atoms with Gasteiger partial charge in [0.25, 0.3) is 5.91 Å². The monoisotopic (exact) mass is 312 g/mol. The first-order valence-electron chi connectivity index (χ1n) is 7.73. The highest BCUT2D eigenvalue weighted by Gasteiger charge is 2.28. The first-order chi connectivity index (χ1) is 11.1. The number of aromatic nitrogens is 2. The molecule has 0 aliphatic carbocycles. The van der Waals surface area contributed by atoms with Crippen molar-refractivity contribution < 1.29 is 9.63 Å². The van der Waals surface area contributed by atoms with Crippen LogP contribution in [0.4, 0.5) is 0 Å². The Labute approximate surface area is 135 Å². The molecule has 1 amide bonds. The maximum atomic E-state index is 12.2. The standard InChI is InChI=1S/C17H20N4O2/c1-12(2)15-10-16(23-20-15)17(22)18-11-13-5-3-6-14(9-13)21-8-4-7-19-21/h3-9,12,16H,10-11H2,1-2H3,(H,18,22)/t16-/m1/s1. The van der Waals surface area contributed by atoms with Gasteiger partial charge in [0, 0.05) is 25.4 Å². The molecule has 120 valence electrons. The van der Waals surface area contributed by atoms with Crippen molar-refractivity contribution >= 4 is 11.6 Å². The first kappa shape index (κ1) is 15.3. The molecule has 3 rings (SSSR count). The van der Waals surface area contributed by atoms with Gasteiger partial charge in [-0.3, -0.25) is 4.79 Å². The lowest BCUT2D eigenvalue weighted by Crippen LogP contribution is -2.34. The summed E-state index contributed by atoms with van der Waals surface area (Å²) in [4.78, 5) is 17.4. The molecular formula is C17H20N4O2. The van der Waals surface area contributed by atoms with Crippen molar-refractivity contribution in [2.24, 2.45) is 11.1 Å². The summed E-state index contributed by atoms with van der Waals surface area (Å²) >= 11 is 0. The van der Waals surface area contributed by atoms with E-state index in [1.165, 1.54) is 0 Å². The number of nitrogens with zero attached hydrogens (tertiary/aromatic N) is 3. The van der Waals surface area contributed by atoms with Crippen molar-refractivity contribution in [3.8, 4) is 5.69 Å². The third-order valence-corrected chi connectivity index (χ3v) is 3.80. The van der Waals surface area contributed by atoms with Crippen molar-refractivity contribution in [2.45, 2.75) is 32.9 Å². The molecule has 1 aromatic carbocycles. The fourth-order valence-electron chi connectivity index (χ4n) is 2.41. The van der Waals surface area contributed by atoms with Gasteiger partial charge in [-0.1, -0.05) is 31.1 Å². The van der Waals surface area contributed by atoms with Gasteiger partial charge in [0.2, 0.25) is 6.10 Å². The maximum Gasteiger partial charge on any atom is 0.264 e. The number of nitrogens with one attached hydrogen (secondary N) is 1. The number of hydrogen-bond acceptors (Lipinski definition) is 4. The topological polar surface area (TPSA) is 68.5 Å². The number of carbonyl (C=O) groups excluding carboxylic acids is 1. The van der Waals surface area contributed by atoms with Crippen LogP contribution in [0.2, 0.25) is 0 Å². The summed E-state index contributed by atoms with van der Waals surface area (Å²) in [5.41, 5.74) is 2.91. The minimum absolute atomic E-state index is 0.131. The van der Waals surface area contributed by atoms with E-state index in [-0.39, 0.29) is 5.91 Å². The molecule has 0 unspecified atom stereocenters. The van der Waals surface area contributed by atoms with E-state index >= 15 is 0 Å². The number of amides is 1. The predicted octanol–water partition coefficient (Wildman–Crippen LogP) is 2.29. The molecule has 0 saturated carbocycles. The molecule has 1 N–H and O–H groups in total. The quantitative estimate of drug-likeness (QED) is 0.921. The van der Waals surface area contributed by atoms with Gasteiger partial charge in [0.15, 0.2) is 0 Å². The Balaban J connectivity index is 1.57. The fourth-order valence-corrected chi connectivity index (χ4v) is 2.41. The van der Waals surface area contributed by atoms with E-state index in [9.17, 15) is 4.79 Å². The summed E-state index contributed by atoms with van der Waals surface area (Å²) in [6.45, 7) is 4.54. The highest BCUT2D eigenvalue weighted by molar-refractivity contribution is 5.93. The molecule has 2 heterocycles. The lowest BCUT2D eigenvalue weighted by Gasteiger charge is -2.11. The van der Waals surface area contributed by atoms with Gasteiger partial charge < -0.3 is 10.2 Å². The van der Waals surface area contributed by atoms with Gasteiger partial charge in [0.05, 0.1) is 11.4 Å². The van der Waals surface area contributed by atoms with E-state index in [0.717, 1.165) is 17.0 Å². The number of rotatable bonds is 5. The molecule has 2 aromatic rings. The molecule has 0 radical (unpaired) electrons. The Hall–Kier alpha value is -2.63. The van der Waals surface area contributed by atoms with Crippen molar-refractivity contribution in [2.75, 3.05) is 0 Å². The molecule has 1 aliphatic heterocycles. The van der Waals surface area contributed by atoms with Crippen LogP contribution >= 0.6 is 0 Å². The summed E-state index contributed by atoms with van der Waals surface area (Å²) < 4.78 is 1.79. The summed E-state index contributed by atoms with van der Waals surface area (Å²) in [6, 6.07) is 9.77. The highest BCUT2D eigenvalue weighted by atomic mass is 16.6. The molecule has 0 saturated heterocycles. The Morgan fingerprint density at radius 2 is 2.30 bits per heavy atom. The van der Waals surface area contributed by atoms with E-state index in [0.29, 0.717) is 18.9 Å². The van der Waals surface area contributed by atoms with Crippen LogP contribution in [-0.4, -0.2) is 27.5 Å². The number of oxime groups is 1. The largest absolute Gasteiger partial charge is 0.382 e. The SMILES string of the molecule is CC(C)C1=NO[C@@H](C(=O)NCc2cccc(-n3cccn3)c2)C1. The molecule has 0 bridgehead atoms. The molecule has 1 aliphatic rings. The zero-order valence-corrected chi connectivity index (χ0v) is 13.3. The van der Waals surface area contributed by atoms with Crippen molar-refractivity contribution in [1.29, 1.82) is 0 Å². The molecule has 23 heavy (non-hydrogen) atoms. The Kier molecular flexibility index (Phi) is 4.41. The minimum atomic E-state index is -0.512. The fraction of sp³-hybridized carbons (Fsp3) is 0.353. The van der Waals surface area contributed by atoms with E-state index in [2.05, 4.69) is 15.6 Å². The molecular weight excluding hydrogens is 292 g/mol. The second-order valence-corrected chi connectivity index (χ2v) is 5.87. The molecule has 1 atom stereocenters. The van der Waals surface area contributed by atoms with Crippen LogP contribution < -0.4 is 5.32 Å². The summed E-state index contributed by atoms with van der Waals surface area (Å²) in [7, 11) is 0. The van der Waals surface area contributed by atoms with Gasteiger partial charge in [-0.25, -0.2) is 4.68 Å². The van der Waals surface area contributed by atoms with E-state index in [1.807, 2.05) is 50.4 Å². The summed E-state index contributed by atoms with van der Waals surface area (Å²) in [5.74, 6) is 0.174. The lowest BCUT2D eigenvalue weighted by atomic mass is 10.0. The second kappa shape index (κ2) is 6.64. The Bertz CT molecular complexity index is 707. The predicted molar refractivity (Wildman–Crippen MR) is 87.2 cm³/mol. The third kappa shape index (κ3) is 3.59. The van der Waals surface area contributed by atoms with E-state index in [1.54, 1.807) is 10.9 Å². The lowest BCUT2D eigenvalue weighted by molar-refractivity contribution is -0.131. The smallest absolute Gasteiger partial charge is 0.264 e. The van der Waals surface area contributed by atoms with Gasteiger partial charge >= 0.3 is 0 Å². The maximum absolute atomic E-state index is 12.2. The van der Waals surface area contributed by atoms with Crippen molar-refractivity contribution in [3.63, 3.8) is 0 Å². The molecule has 0 spiro atoms. The average Bonchev–Trinajstić information content (AvgIpc) is 3.24. The van der Waals surface area contributed by atoms with Crippen LogP contribution in [0.5, 0.6) is 0 Å². The molecule has 1 aromatic heterocycles. The van der Waals surface area contributed by atoms with E-state index < -0.39 is 6.10 Å². The Morgan fingerprint density at radius 1 is 1.43 bits per heavy atom. The first-order valence-corrected chi connectivity index (χ1v) is 7.73. The molecule has 6 heteroatoms. The van der Waals surface area contributed by atoms with Crippen LogP contribution in [0.15, 0.2) is 47.9 Å². The zero-order valence-electron chi connectivity index (χ0n) is 13.3. The van der Waals surface area contributed by atoms with Crippen LogP contribution in [-0.2, 0) is 16.2 Å². The normalized spacial score (nSPS) is 17.0. The van der Waals surface area contributed by atoms with Crippen molar-refractivity contribution in [3.05, 3.63) is 48.3 Å². The molecule has 6 nitrogen and oxygen atoms in total. The highest BCUT2D eigenvalue weighted by Crippen LogP contribution is 2.16. The zero-order chi connectivity index (χ0) is 16.2. The van der Waals surface area contributed by atoms with Crippen LogP contribution in [0.3, 0.4) is 0 Å². The number of carbonyl (C=O) groups is 1. The summed E-state index contributed by atoms with van der Waals surface area (Å²) in [6.07, 6.45) is 3.67. The Morgan fingerprint density at radius 3 is 3.00 bits per heavy atom. The molecule has 0 fully saturated rings. The number of hydrogen-bond donors (Lipinski definition) is 1. The second-order valence-electron chi connectivity index (χ2n) is 5.87. The minimum Gasteiger partial charge on any atom is -0.382 e. The van der Waals surface area contributed by atoms with Gasteiger partial charge in [0.1, 0.15) is 0 Å². The summed E-state index contributed by atoms with van der Waals surface area (Å²) in [5, 5.41) is 11.1. The number of benzene rings is 1. The van der Waals surface area contributed by atoms with Gasteiger partial charge in [-0.15, -0.1) is 0 Å². The average molecular weight is 312 g/mol. The van der Waals surface area contributed by atoms with Gasteiger partial charge in [-0.05, 0) is 29.7 Å². The van der Waals surface area contributed by atoms with Crippen LogP contribution in [0, 0.1) is 5.92 Å². The van der Waals surface area contributed by atoms with E-state index in [4.69, 9.17) is 4.84 Å². The van der Waals surface area contributed by atoms with Crippen molar-refractivity contribution in [1.82, 2.24) is 15.1 Å².